The van der Waals surface area contributed by atoms with Gasteiger partial charge in [0.25, 0.3) is 0 Å². The first-order valence-corrected chi connectivity index (χ1v) is 9.76. The van der Waals surface area contributed by atoms with E-state index < -0.39 is 6.10 Å². The fourth-order valence-corrected chi connectivity index (χ4v) is 3.60. The van der Waals surface area contributed by atoms with Gasteiger partial charge in [-0.3, -0.25) is 0 Å². The highest BCUT2D eigenvalue weighted by Gasteiger charge is 2.25. The number of benzene rings is 2. The first-order chi connectivity index (χ1) is 12.2. The van der Waals surface area contributed by atoms with Gasteiger partial charge in [0.15, 0.2) is 0 Å². The summed E-state index contributed by atoms with van der Waals surface area (Å²) in [6.45, 7) is 6.74. The van der Waals surface area contributed by atoms with Gasteiger partial charge in [-0.2, -0.15) is 0 Å². The van der Waals surface area contributed by atoms with Crippen LogP contribution in [0.2, 0.25) is 0 Å². The monoisotopic (exact) mass is 406 g/mol. The number of aliphatic hydroxyl groups excluding tert-OH is 1. The lowest BCUT2D eigenvalue weighted by Crippen LogP contribution is -3.28. The highest BCUT2D eigenvalue weighted by Crippen LogP contribution is 2.16. The molecule has 1 fully saturated rings. The minimum atomic E-state index is -0.422. The lowest BCUT2D eigenvalue weighted by Gasteiger charge is -2.30. The van der Waals surface area contributed by atoms with Gasteiger partial charge in [-0.15, -0.1) is 0 Å². The highest BCUT2D eigenvalue weighted by atomic mass is 79.9. The summed E-state index contributed by atoms with van der Waals surface area (Å²) in [4.78, 5) is 3.11. The Hall–Kier alpha value is -1.40. The van der Waals surface area contributed by atoms with E-state index in [1.165, 1.54) is 10.5 Å². The molecule has 0 radical (unpaired) electrons. The zero-order valence-corrected chi connectivity index (χ0v) is 16.0. The van der Waals surface area contributed by atoms with E-state index in [0.29, 0.717) is 6.61 Å². The third-order valence-electron chi connectivity index (χ3n) is 4.74. The molecule has 0 unspecified atom stereocenters. The summed E-state index contributed by atoms with van der Waals surface area (Å²) in [5.41, 5.74) is 1.41. The van der Waals surface area contributed by atoms with Gasteiger partial charge in [-0.1, -0.05) is 46.3 Å². The first kappa shape index (κ1) is 18.4. The van der Waals surface area contributed by atoms with Crippen molar-refractivity contribution in [3.05, 3.63) is 64.6 Å². The maximum atomic E-state index is 10.3. The molecule has 0 bridgehead atoms. The molecule has 0 aromatic heterocycles. The molecule has 4 nitrogen and oxygen atoms in total. The van der Waals surface area contributed by atoms with E-state index in [2.05, 4.69) is 46.3 Å². The van der Waals surface area contributed by atoms with Crippen LogP contribution in [0.1, 0.15) is 5.56 Å². The van der Waals surface area contributed by atoms with Crippen LogP contribution in [0.4, 0.5) is 0 Å². The molecule has 5 heteroatoms. The fourth-order valence-electron chi connectivity index (χ4n) is 3.34. The van der Waals surface area contributed by atoms with Gasteiger partial charge in [0.1, 0.15) is 57.7 Å². The fraction of sp³-hybridized carbons (Fsp3) is 0.400. The lowest BCUT2D eigenvalue weighted by atomic mass is 10.2. The van der Waals surface area contributed by atoms with Crippen LogP contribution in [0.3, 0.4) is 0 Å². The van der Waals surface area contributed by atoms with Crippen LogP contribution in [-0.2, 0) is 6.54 Å². The summed E-state index contributed by atoms with van der Waals surface area (Å²) in [5, 5.41) is 10.3. The molecule has 0 spiro atoms. The SMILES string of the molecule is O[C@H](COc1ccc(Br)cc1)C[NH+]1CC[NH+](Cc2ccccc2)CC1. The third kappa shape index (κ3) is 6.12. The molecular weight excluding hydrogens is 380 g/mol. The number of aliphatic hydroxyl groups is 1. The van der Waals surface area contributed by atoms with Crippen molar-refractivity contribution in [2.45, 2.75) is 12.6 Å². The predicted octanol–water partition coefficient (Wildman–Crippen LogP) is 0.172. The number of halogens is 1. The number of quaternary nitrogens is 2. The maximum Gasteiger partial charge on any atom is 0.137 e. The standard InChI is InChI=1S/C20H25BrN2O2/c21-18-6-8-20(9-7-18)25-16-19(24)15-23-12-10-22(11-13-23)14-17-4-2-1-3-5-17/h1-9,19,24H,10-16H2/p+2/t19-/m0/s1. The molecule has 25 heavy (non-hydrogen) atoms. The summed E-state index contributed by atoms with van der Waals surface area (Å²) >= 11 is 3.41. The van der Waals surface area contributed by atoms with Crippen molar-refractivity contribution in [1.29, 1.82) is 0 Å². The molecule has 0 saturated carbocycles. The largest absolute Gasteiger partial charge is 0.491 e. The molecule has 3 N–H and O–H groups in total. The van der Waals surface area contributed by atoms with Crippen molar-refractivity contribution in [2.75, 3.05) is 39.3 Å². The van der Waals surface area contributed by atoms with Gasteiger partial charge in [0.05, 0.1) is 0 Å². The smallest absolute Gasteiger partial charge is 0.137 e. The molecule has 0 aliphatic carbocycles. The van der Waals surface area contributed by atoms with Crippen molar-refractivity contribution >= 4 is 15.9 Å². The van der Waals surface area contributed by atoms with E-state index in [1.54, 1.807) is 4.90 Å². The van der Waals surface area contributed by atoms with Crippen LogP contribution >= 0.6 is 15.9 Å². The van der Waals surface area contributed by atoms with E-state index >= 15 is 0 Å². The van der Waals surface area contributed by atoms with Crippen LogP contribution in [-0.4, -0.2) is 50.5 Å². The minimum Gasteiger partial charge on any atom is -0.491 e. The molecule has 0 amide bonds. The molecule has 1 heterocycles. The normalized spacial score (nSPS) is 21.7. The summed E-state index contributed by atoms with van der Waals surface area (Å²) in [7, 11) is 0. The third-order valence-corrected chi connectivity index (χ3v) is 5.27. The zero-order valence-electron chi connectivity index (χ0n) is 14.5. The van der Waals surface area contributed by atoms with Crippen LogP contribution in [0.15, 0.2) is 59.1 Å². The Morgan fingerprint density at radius 3 is 2.24 bits per heavy atom. The highest BCUT2D eigenvalue weighted by molar-refractivity contribution is 9.10. The topological polar surface area (TPSA) is 38.3 Å². The zero-order chi connectivity index (χ0) is 17.5. The number of hydrogen-bond donors (Lipinski definition) is 3. The van der Waals surface area contributed by atoms with Crippen molar-refractivity contribution in [2.24, 2.45) is 0 Å². The Morgan fingerprint density at radius 2 is 1.56 bits per heavy atom. The van der Waals surface area contributed by atoms with E-state index in [4.69, 9.17) is 4.74 Å². The van der Waals surface area contributed by atoms with E-state index in [0.717, 1.165) is 49.5 Å². The summed E-state index contributed by atoms with van der Waals surface area (Å²) in [6.07, 6.45) is -0.422. The predicted molar refractivity (Wildman–Crippen MR) is 102 cm³/mol. The van der Waals surface area contributed by atoms with Gasteiger partial charge in [-0.25, -0.2) is 0 Å². The van der Waals surface area contributed by atoms with Gasteiger partial charge in [-0.05, 0) is 24.3 Å². The van der Waals surface area contributed by atoms with E-state index in [-0.39, 0.29) is 0 Å². The van der Waals surface area contributed by atoms with Crippen LogP contribution in [0.25, 0.3) is 0 Å². The number of ether oxygens (including phenoxy) is 1. The van der Waals surface area contributed by atoms with Crippen molar-refractivity contribution < 1.29 is 19.6 Å². The Bertz CT molecular complexity index is 628. The van der Waals surface area contributed by atoms with Gasteiger partial charge < -0.3 is 19.6 Å². The Morgan fingerprint density at radius 1 is 0.920 bits per heavy atom. The molecule has 1 saturated heterocycles. The summed E-state index contributed by atoms with van der Waals surface area (Å²) < 4.78 is 6.70. The second-order valence-electron chi connectivity index (χ2n) is 6.79. The average Bonchev–Trinajstić information content (AvgIpc) is 2.64. The molecular formula is C20H27BrN2O2+2. The first-order valence-electron chi connectivity index (χ1n) is 8.96. The Kier molecular flexibility index (Phi) is 6.87. The van der Waals surface area contributed by atoms with Crippen LogP contribution < -0.4 is 14.5 Å². The molecule has 3 rings (SSSR count). The van der Waals surface area contributed by atoms with Gasteiger partial charge in [0.2, 0.25) is 0 Å². The van der Waals surface area contributed by atoms with Gasteiger partial charge >= 0.3 is 0 Å². The van der Waals surface area contributed by atoms with Crippen molar-refractivity contribution in [1.82, 2.24) is 0 Å². The number of rotatable bonds is 7. The quantitative estimate of drug-likeness (QED) is 0.613. The lowest BCUT2D eigenvalue weighted by molar-refractivity contribution is -1.02. The van der Waals surface area contributed by atoms with Gasteiger partial charge in [0, 0.05) is 10.0 Å². The second kappa shape index (κ2) is 9.34. The average molecular weight is 407 g/mol. The summed E-state index contributed by atoms with van der Waals surface area (Å²) in [6, 6.07) is 18.4. The molecule has 2 aromatic carbocycles. The number of hydrogen-bond acceptors (Lipinski definition) is 2. The van der Waals surface area contributed by atoms with Crippen LogP contribution in [0.5, 0.6) is 5.75 Å². The van der Waals surface area contributed by atoms with Crippen molar-refractivity contribution in [3.8, 4) is 5.75 Å². The van der Waals surface area contributed by atoms with E-state index in [1.807, 2.05) is 24.3 Å². The molecule has 1 aliphatic heterocycles. The minimum absolute atomic E-state index is 0.353. The molecule has 2 aromatic rings. The molecule has 1 aliphatic rings. The Balaban J connectivity index is 1.36. The Labute approximate surface area is 158 Å². The number of nitrogens with one attached hydrogen (secondary N) is 2. The second-order valence-corrected chi connectivity index (χ2v) is 7.70. The van der Waals surface area contributed by atoms with E-state index in [9.17, 15) is 5.11 Å². The molecule has 1 atom stereocenters. The number of piperazine rings is 1. The summed E-state index contributed by atoms with van der Waals surface area (Å²) in [5.74, 6) is 0.800. The van der Waals surface area contributed by atoms with Crippen molar-refractivity contribution in [3.63, 3.8) is 0 Å². The maximum absolute atomic E-state index is 10.3. The van der Waals surface area contributed by atoms with Crippen LogP contribution in [0, 0.1) is 0 Å². The molecule has 134 valence electrons.